The van der Waals surface area contributed by atoms with Crippen molar-refractivity contribution in [1.82, 2.24) is 5.32 Å². The summed E-state index contributed by atoms with van der Waals surface area (Å²) in [6, 6.07) is 4.76. The highest BCUT2D eigenvalue weighted by Gasteiger charge is 2.35. The third-order valence-electron chi connectivity index (χ3n) is 3.08. The first-order valence-electron chi connectivity index (χ1n) is 6.10. The maximum Gasteiger partial charge on any atom is 0.417 e. The number of nitrogens with one attached hydrogen (secondary N) is 1. The van der Waals surface area contributed by atoms with E-state index in [1.54, 1.807) is 0 Å². The maximum absolute atomic E-state index is 12.8. The second-order valence-electron chi connectivity index (χ2n) is 4.50. The molecule has 1 N–H and O–H groups in total. The molecule has 0 fully saturated rings. The molecule has 0 spiro atoms. The Bertz CT molecular complexity index is 494. The van der Waals surface area contributed by atoms with Crippen LogP contribution < -0.4 is 5.32 Å². The first-order chi connectivity index (χ1) is 8.98. The van der Waals surface area contributed by atoms with Gasteiger partial charge in [-0.3, -0.25) is 4.79 Å². The van der Waals surface area contributed by atoms with E-state index in [0.29, 0.717) is 6.42 Å². The molecule has 1 aromatic rings. The maximum atomic E-state index is 12.8. The fourth-order valence-corrected chi connectivity index (χ4v) is 2.12. The van der Waals surface area contributed by atoms with Gasteiger partial charge in [0.15, 0.2) is 0 Å². The average Bonchev–Trinajstić information content (AvgIpc) is 2.39. The molecule has 2 rings (SSSR count). The van der Waals surface area contributed by atoms with Crippen LogP contribution in [0.15, 0.2) is 36.4 Å². The fraction of sp³-hybridized carbons (Fsp3) is 0.357. The Balaban J connectivity index is 2.17. The van der Waals surface area contributed by atoms with Gasteiger partial charge in [-0.25, -0.2) is 0 Å². The number of carbonyl (C=O) groups excluding carboxylic acids is 1. The molecule has 0 aliphatic heterocycles. The summed E-state index contributed by atoms with van der Waals surface area (Å²) in [5.74, 6) is -0.659. The minimum Gasteiger partial charge on any atom is -0.349 e. The van der Waals surface area contributed by atoms with Crippen LogP contribution in [-0.4, -0.2) is 11.9 Å². The minimum atomic E-state index is -4.51. The Labute approximate surface area is 109 Å². The first-order valence-corrected chi connectivity index (χ1v) is 6.10. The molecule has 0 saturated heterocycles. The van der Waals surface area contributed by atoms with Gasteiger partial charge in [0.25, 0.3) is 5.91 Å². The zero-order chi connectivity index (χ0) is 13.9. The molecule has 1 aliphatic carbocycles. The molecule has 19 heavy (non-hydrogen) atoms. The summed E-state index contributed by atoms with van der Waals surface area (Å²) in [6.45, 7) is 0. The minimum absolute atomic E-state index is 0.0845. The topological polar surface area (TPSA) is 29.1 Å². The van der Waals surface area contributed by atoms with Crippen molar-refractivity contribution in [2.45, 2.75) is 31.5 Å². The van der Waals surface area contributed by atoms with Crippen LogP contribution in [0.4, 0.5) is 13.2 Å². The van der Waals surface area contributed by atoms with Crippen LogP contribution in [0.1, 0.15) is 35.2 Å². The molecule has 0 saturated carbocycles. The third-order valence-corrected chi connectivity index (χ3v) is 3.08. The van der Waals surface area contributed by atoms with E-state index in [1.165, 1.54) is 18.2 Å². The summed E-state index contributed by atoms with van der Waals surface area (Å²) in [5.41, 5.74) is -1.21. The molecule has 0 radical (unpaired) electrons. The number of hydrogen-bond donors (Lipinski definition) is 1. The van der Waals surface area contributed by atoms with Crippen LogP contribution in [0.25, 0.3) is 0 Å². The van der Waals surface area contributed by atoms with Crippen LogP contribution in [0, 0.1) is 0 Å². The number of carbonyl (C=O) groups is 1. The smallest absolute Gasteiger partial charge is 0.349 e. The number of alkyl halides is 3. The quantitative estimate of drug-likeness (QED) is 0.817. The van der Waals surface area contributed by atoms with E-state index in [9.17, 15) is 18.0 Å². The van der Waals surface area contributed by atoms with Gasteiger partial charge in [-0.15, -0.1) is 0 Å². The number of amides is 1. The lowest BCUT2D eigenvalue weighted by Crippen LogP contribution is -2.36. The summed E-state index contributed by atoms with van der Waals surface area (Å²) in [5, 5.41) is 2.66. The van der Waals surface area contributed by atoms with E-state index in [1.807, 2.05) is 12.2 Å². The molecule has 0 aromatic heterocycles. The molecule has 102 valence electrons. The van der Waals surface area contributed by atoms with Crippen molar-refractivity contribution < 1.29 is 18.0 Å². The largest absolute Gasteiger partial charge is 0.417 e. The molecule has 0 heterocycles. The van der Waals surface area contributed by atoms with Crippen molar-refractivity contribution in [3.05, 3.63) is 47.5 Å². The first kappa shape index (κ1) is 13.6. The van der Waals surface area contributed by atoms with Crippen molar-refractivity contribution >= 4 is 5.91 Å². The molecule has 1 amide bonds. The van der Waals surface area contributed by atoms with Gasteiger partial charge in [0.2, 0.25) is 0 Å². The zero-order valence-corrected chi connectivity index (χ0v) is 10.2. The van der Waals surface area contributed by atoms with Crippen LogP contribution >= 0.6 is 0 Å². The van der Waals surface area contributed by atoms with Crippen LogP contribution in [0.3, 0.4) is 0 Å². The second kappa shape index (κ2) is 5.47. The Morgan fingerprint density at radius 2 is 1.95 bits per heavy atom. The predicted octanol–water partition coefficient (Wildman–Crippen LogP) is 3.54. The van der Waals surface area contributed by atoms with E-state index in [0.717, 1.165) is 18.9 Å². The third kappa shape index (κ3) is 3.36. The molecule has 1 aromatic carbocycles. The van der Waals surface area contributed by atoms with Gasteiger partial charge >= 0.3 is 6.18 Å². The molecular weight excluding hydrogens is 255 g/mol. The van der Waals surface area contributed by atoms with Crippen molar-refractivity contribution in [2.24, 2.45) is 0 Å². The van der Waals surface area contributed by atoms with Crippen LogP contribution in [-0.2, 0) is 6.18 Å². The van der Waals surface area contributed by atoms with E-state index < -0.39 is 17.6 Å². The van der Waals surface area contributed by atoms with Gasteiger partial charge in [0, 0.05) is 6.04 Å². The van der Waals surface area contributed by atoms with Crippen LogP contribution in [0.5, 0.6) is 0 Å². The van der Waals surface area contributed by atoms with E-state index in [2.05, 4.69) is 5.32 Å². The highest BCUT2D eigenvalue weighted by atomic mass is 19.4. The van der Waals surface area contributed by atoms with Gasteiger partial charge < -0.3 is 5.32 Å². The summed E-state index contributed by atoms with van der Waals surface area (Å²) in [6.07, 6.45) is 1.69. The Hall–Kier alpha value is -1.78. The second-order valence-corrected chi connectivity index (χ2v) is 4.50. The lowest BCUT2D eigenvalue weighted by molar-refractivity contribution is -0.137. The Kier molecular flexibility index (Phi) is 3.93. The standard InChI is InChI=1S/C14H14F3NO/c15-14(16,17)12-9-5-4-8-11(12)13(19)18-10-6-2-1-3-7-10/h1-2,4-5,8-10H,3,6-7H2,(H,18,19)/t10-/m0/s1. The van der Waals surface area contributed by atoms with E-state index >= 15 is 0 Å². The number of benzene rings is 1. The number of allylic oxidation sites excluding steroid dienone is 1. The van der Waals surface area contributed by atoms with E-state index in [-0.39, 0.29) is 11.6 Å². The molecule has 0 bridgehead atoms. The fourth-order valence-electron chi connectivity index (χ4n) is 2.12. The van der Waals surface area contributed by atoms with Gasteiger partial charge in [0.1, 0.15) is 0 Å². The molecular formula is C14H14F3NO. The van der Waals surface area contributed by atoms with Gasteiger partial charge in [-0.05, 0) is 31.4 Å². The molecule has 2 nitrogen and oxygen atoms in total. The number of halogens is 3. The average molecular weight is 269 g/mol. The SMILES string of the molecule is O=C(N[C@H]1CC=CCC1)c1ccccc1C(F)(F)F. The summed E-state index contributed by atoms with van der Waals surface area (Å²) in [7, 11) is 0. The molecule has 1 atom stereocenters. The van der Waals surface area contributed by atoms with E-state index in [4.69, 9.17) is 0 Å². The lowest BCUT2D eigenvalue weighted by atomic mass is 10.0. The highest BCUT2D eigenvalue weighted by Crippen LogP contribution is 2.31. The molecule has 5 heteroatoms. The summed E-state index contributed by atoms with van der Waals surface area (Å²) < 4.78 is 38.4. The molecule has 1 aliphatic rings. The van der Waals surface area contributed by atoms with Crippen molar-refractivity contribution in [2.75, 3.05) is 0 Å². The number of hydrogen-bond acceptors (Lipinski definition) is 1. The summed E-state index contributed by atoms with van der Waals surface area (Å²) in [4.78, 5) is 11.9. The van der Waals surface area contributed by atoms with Gasteiger partial charge in [-0.2, -0.15) is 13.2 Å². The number of rotatable bonds is 2. The van der Waals surface area contributed by atoms with Gasteiger partial charge in [0.05, 0.1) is 11.1 Å². The van der Waals surface area contributed by atoms with Crippen molar-refractivity contribution in [3.63, 3.8) is 0 Å². The molecule has 0 unspecified atom stereocenters. The Morgan fingerprint density at radius 3 is 2.58 bits per heavy atom. The lowest BCUT2D eigenvalue weighted by Gasteiger charge is -2.20. The predicted molar refractivity (Wildman–Crippen MR) is 65.7 cm³/mol. The van der Waals surface area contributed by atoms with Crippen molar-refractivity contribution in [3.8, 4) is 0 Å². The van der Waals surface area contributed by atoms with Crippen molar-refractivity contribution in [1.29, 1.82) is 0 Å². The monoisotopic (exact) mass is 269 g/mol. The normalized spacial score (nSPS) is 19.2. The highest BCUT2D eigenvalue weighted by molar-refractivity contribution is 5.96. The van der Waals surface area contributed by atoms with Gasteiger partial charge in [-0.1, -0.05) is 24.3 Å². The van der Waals surface area contributed by atoms with Crippen LogP contribution in [0.2, 0.25) is 0 Å². The summed E-state index contributed by atoms with van der Waals surface area (Å²) >= 11 is 0. The Morgan fingerprint density at radius 1 is 1.21 bits per heavy atom. The zero-order valence-electron chi connectivity index (χ0n) is 10.2.